The molecule has 0 spiro atoms. The highest BCUT2D eigenvalue weighted by Crippen LogP contribution is 2.33. The maximum Gasteiger partial charge on any atom is 0.573 e. The van der Waals surface area contributed by atoms with Crippen molar-refractivity contribution in [3.63, 3.8) is 0 Å². The van der Waals surface area contributed by atoms with Crippen LogP contribution in [0, 0.1) is 11.8 Å². The summed E-state index contributed by atoms with van der Waals surface area (Å²) in [6, 6.07) is 15.2. The third-order valence-electron chi connectivity index (χ3n) is 4.68. The van der Waals surface area contributed by atoms with Crippen LogP contribution in [0.3, 0.4) is 0 Å². The Morgan fingerprint density at radius 1 is 0.889 bits per heavy atom. The number of alkyl halides is 6. The summed E-state index contributed by atoms with van der Waals surface area (Å²) >= 11 is 0. The summed E-state index contributed by atoms with van der Waals surface area (Å²) in [5, 5.41) is 0. The smallest absolute Gasteiger partial charge is 0.406 e. The van der Waals surface area contributed by atoms with E-state index >= 15 is 0 Å². The van der Waals surface area contributed by atoms with Gasteiger partial charge in [-0.05, 0) is 53.9 Å². The van der Waals surface area contributed by atoms with Gasteiger partial charge in [0.25, 0.3) is 0 Å². The fourth-order valence-corrected chi connectivity index (χ4v) is 3.72. The third-order valence-corrected chi connectivity index (χ3v) is 5.78. The van der Waals surface area contributed by atoms with Crippen LogP contribution in [0.2, 0.25) is 0 Å². The quantitative estimate of drug-likeness (QED) is 0.261. The summed E-state index contributed by atoms with van der Waals surface area (Å²) in [5.74, 6) is 5.32. The maximum absolute atomic E-state index is 12.8. The van der Waals surface area contributed by atoms with Crippen molar-refractivity contribution < 1.29 is 39.5 Å². The molecule has 6 nitrogen and oxygen atoms in total. The Hall–Kier alpha value is -4.18. The number of imidazole rings is 1. The number of rotatable bonds is 4. The highest BCUT2D eigenvalue weighted by molar-refractivity contribution is 7.93. The summed E-state index contributed by atoms with van der Waals surface area (Å²) in [4.78, 5) is 7.21. The van der Waals surface area contributed by atoms with E-state index in [2.05, 4.69) is 26.5 Å². The van der Waals surface area contributed by atoms with Crippen molar-refractivity contribution in [1.82, 2.24) is 9.97 Å². The van der Waals surface area contributed by atoms with E-state index in [4.69, 9.17) is 0 Å². The number of anilines is 1. The Labute approximate surface area is 200 Å². The summed E-state index contributed by atoms with van der Waals surface area (Å²) in [7, 11) is -5.62. The van der Waals surface area contributed by atoms with Crippen LogP contribution in [0.1, 0.15) is 11.4 Å². The van der Waals surface area contributed by atoms with Gasteiger partial charge in [-0.15, -0.1) is 13.2 Å². The van der Waals surface area contributed by atoms with Gasteiger partial charge in [0.05, 0.1) is 16.7 Å². The van der Waals surface area contributed by atoms with Gasteiger partial charge in [-0.3, -0.25) is 4.72 Å². The molecular weight excluding hydrogens is 512 g/mol. The first-order valence-corrected chi connectivity index (χ1v) is 11.4. The first-order chi connectivity index (χ1) is 16.8. The topological polar surface area (TPSA) is 84.1 Å². The molecule has 36 heavy (non-hydrogen) atoms. The molecule has 0 radical (unpaired) electrons. The zero-order chi connectivity index (χ0) is 26.1. The first-order valence-electron chi connectivity index (χ1n) is 9.87. The lowest BCUT2D eigenvalue weighted by Crippen LogP contribution is -2.30. The van der Waals surface area contributed by atoms with Crippen LogP contribution in [0.15, 0.2) is 66.7 Å². The first kappa shape index (κ1) is 24.9. The number of H-pyrrole nitrogens is 1. The van der Waals surface area contributed by atoms with Crippen molar-refractivity contribution in [2.75, 3.05) is 4.72 Å². The Bertz CT molecular complexity index is 1580. The highest BCUT2D eigenvalue weighted by atomic mass is 32.2. The van der Waals surface area contributed by atoms with Crippen LogP contribution in [0.5, 0.6) is 5.75 Å². The molecule has 0 atom stereocenters. The van der Waals surface area contributed by atoms with Crippen molar-refractivity contribution >= 4 is 26.7 Å². The van der Waals surface area contributed by atoms with E-state index < -0.39 is 21.9 Å². The normalized spacial score (nSPS) is 12.2. The molecule has 0 saturated heterocycles. The minimum Gasteiger partial charge on any atom is -0.406 e. The molecule has 0 saturated carbocycles. The second kappa shape index (κ2) is 9.12. The number of nitrogens with zero attached hydrogens (tertiary/aromatic N) is 1. The molecule has 13 heteroatoms. The van der Waals surface area contributed by atoms with Gasteiger partial charge >= 0.3 is 21.9 Å². The van der Waals surface area contributed by atoms with Crippen molar-refractivity contribution in [2.45, 2.75) is 11.9 Å². The minimum absolute atomic E-state index is 0.204. The summed E-state index contributed by atoms with van der Waals surface area (Å²) in [6.07, 6.45) is -4.80. The van der Waals surface area contributed by atoms with Crippen LogP contribution in [-0.4, -0.2) is 30.3 Å². The van der Waals surface area contributed by atoms with Gasteiger partial charge in [0.15, 0.2) is 5.82 Å². The SMILES string of the molecule is O=S(=O)(Nc1ccccc1-c1ccc2nc(C#Cc3ccc(OC(F)(F)F)cc3)[nH]c2c1)C(F)(F)F. The number of nitrogens with one attached hydrogen (secondary N) is 2. The van der Waals surface area contributed by atoms with Crippen LogP contribution >= 0.6 is 0 Å². The van der Waals surface area contributed by atoms with Gasteiger partial charge in [-0.25, -0.2) is 4.98 Å². The lowest BCUT2D eigenvalue weighted by Gasteiger charge is -2.14. The Balaban J connectivity index is 1.60. The van der Waals surface area contributed by atoms with Gasteiger partial charge in [-0.1, -0.05) is 30.2 Å². The molecule has 0 aliphatic carbocycles. The number of para-hydroxylation sites is 1. The largest absolute Gasteiger partial charge is 0.573 e. The average molecular weight is 525 g/mol. The Morgan fingerprint density at radius 3 is 2.25 bits per heavy atom. The monoisotopic (exact) mass is 525 g/mol. The van der Waals surface area contributed by atoms with Gasteiger partial charge < -0.3 is 9.72 Å². The molecule has 4 rings (SSSR count). The van der Waals surface area contributed by atoms with Crippen molar-refractivity contribution in [1.29, 1.82) is 0 Å². The number of hydrogen-bond donors (Lipinski definition) is 2. The second-order valence-corrected chi connectivity index (χ2v) is 8.91. The maximum atomic E-state index is 12.8. The molecule has 186 valence electrons. The number of fused-ring (bicyclic) bond motifs is 1. The van der Waals surface area contributed by atoms with Crippen LogP contribution in [0.4, 0.5) is 32.0 Å². The molecule has 4 aromatic rings. The van der Waals surface area contributed by atoms with Crippen molar-refractivity contribution in [3.05, 3.63) is 78.1 Å². The Morgan fingerprint density at radius 2 is 1.58 bits per heavy atom. The molecule has 0 unspecified atom stereocenters. The molecule has 0 aliphatic heterocycles. The van der Waals surface area contributed by atoms with E-state index in [1.165, 1.54) is 30.3 Å². The number of aromatic nitrogens is 2. The fraction of sp³-hybridized carbons (Fsp3) is 0.0870. The number of sulfonamides is 1. The molecule has 3 aromatic carbocycles. The zero-order valence-corrected chi connectivity index (χ0v) is 18.5. The number of halogens is 6. The number of benzene rings is 3. The number of hydrogen-bond acceptors (Lipinski definition) is 4. The fourth-order valence-electron chi connectivity index (χ4n) is 3.13. The molecule has 1 heterocycles. The lowest BCUT2D eigenvalue weighted by atomic mass is 10.0. The highest BCUT2D eigenvalue weighted by Gasteiger charge is 2.46. The standard InChI is InChI=1S/C23H13F6N3O3S/c24-22(25,26)35-16-9-5-14(6-10-16)7-12-21-30-19-11-8-15(13-20(19)31-21)17-3-1-2-4-18(17)32-36(33,34)23(27,28)29/h1-6,8-11,13,32H,(H,30,31). The van der Waals surface area contributed by atoms with Gasteiger partial charge in [0, 0.05) is 11.1 Å². The lowest BCUT2D eigenvalue weighted by molar-refractivity contribution is -0.274. The predicted molar refractivity (Wildman–Crippen MR) is 119 cm³/mol. The second-order valence-electron chi connectivity index (χ2n) is 7.24. The van der Waals surface area contributed by atoms with Gasteiger partial charge in [0.1, 0.15) is 5.75 Å². The minimum atomic E-state index is -5.62. The van der Waals surface area contributed by atoms with E-state index in [9.17, 15) is 34.8 Å². The summed E-state index contributed by atoms with van der Waals surface area (Å²) < 4.78 is 104. The van der Waals surface area contributed by atoms with E-state index in [-0.39, 0.29) is 22.8 Å². The van der Waals surface area contributed by atoms with E-state index in [1.54, 1.807) is 29.0 Å². The number of ether oxygens (including phenoxy) is 1. The molecule has 2 N–H and O–H groups in total. The van der Waals surface area contributed by atoms with Crippen LogP contribution in [-0.2, 0) is 10.0 Å². The molecule has 0 bridgehead atoms. The average Bonchev–Trinajstić information content (AvgIpc) is 3.19. The Kier molecular flexibility index (Phi) is 6.32. The summed E-state index contributed by atoms with van der Waals surface area (Å²) in [5.41, 5.74) is -3.78. The van der Waals surface area contributed by atoms with Gasteiger partial charge in [-0.2, -0.15) is 21.6 Å². The van der Waals surface area contributed by atoms with E-state index in [0.717, 1.165) is 12.1 Å². The van der Waals surface area contributed by atoms with Crippen LogP contribution < -0.4 is 9.46 Å². The summed E-state index contributed by atoms with van der Waals surface area (Å²) in [6.45, 7) is 0. The molecule has 0 amide bonds. The molecular formula is C23H13F6N3O3S. The van der Waals surface area contributed by atoms with Gasteiger partial charge in [0.2, 0.25) is 0 Å². The van der Waals surface area contributed by atoms with Crippen molar-refractivity contribution in [3.8, 4) is 28.7 Å². The van der Waals surface area contributed by atoms with Crippen LogP contribution in [0.25, 0.3) is 22.2 Å². The molecule has 1 aromatic heterocycles. The van der Waals surface area contributed by atoms with E-state index in [0.29, 0.717) is 22.2 Å². The molecule has 0 aliphatic rings. The predicted octanol–water partition coefficient (Wildman–Crippen LogP) is 5.79. The number of aromatic amines is 1. The van der Waals surface area contributed by atoms with Crippen molar-refractivity contribution in [2.24, 2.45) is 0 Å². The van der Waals surface area contributed by atoms with E-state index in [1.807, 2.05) is 0 Å². The third kappa shape index (κ3) is 5.72. The zero-order valence-electron chi connectivity index (χ0n) is 17.7. The molecule has 0 fully saturated rings.